The summed E-state index contributed by atoms with van der Waals surface area (Å²) in [7, 11) is 0. The summed E-state index contributed by atoms with van der Waals surface area (Å²) in [5.41, 5.74) is 7.18. The Balaban J connectivity index is 2.01. The summed E-state index contributed by atoms with van der Waals surface area (Å²) in [5.74, 6) is -2.72. The zero-order valence-corrected chi connectivity index (χ0v) is 14.9. The van der Waals surface area contributed by atoms with Crippen LogP contribution < -0.4 is 11.1 Å². The van der Waals surface area contributed by atoms with E-state index in [1.54, 1.807) is 13.0 Å². The second kappa shape index (κ2) is 7.43. The molecule has 0 unspecified atom stereocenters. The summed E-state index contributed by atoms with van der Waals surface area (Å²) in [6.07, 6.45) is 2.56. The minimum Gasteiger partial charge on any atom is -0.366 e. The molecule has 28 heavy (non-hydrogen) atoms. The van der Waals surface area contributed by atoms with Crippen molar-refractivity contribution in [3.8, 4) is 16.8 Å². The third-order valence-corrected chi connectivity index (χ3v) is 4.19. The number of halogens is 2. The Kier molecular flexibility index (Phi) is 5.04. The van der Waals surface area contributed by atoms with Crippen molar-refractivity contribution in [2.24, 2.45) is 5.73 Å². The number of aromatic nitrogens is 2. The Hall–Kier alpha value is -3.81. The smallest absolute Gasteiger partial charge is 0.251 e. The molecule has 0 bridgehead atoms. The molecule has 0 saturated carbocycles. The molecule has 0 spiro atoms. The maximum absolute atomic E-state index is 14.1. The van der Waals surface area contributed by atoms with E-state index in [-0.39, 0.29) is 11.3 Å². The van der Waals surface area contributed by atoms with Gasteiger partial charge in [0.15, 0.2) is 0 Å². The lowest BCUT2D eigenvalue weighted by atomic mass is 10.0. The Morgan fingerprint density at radius 2 is 1.93 bits per heavy atom. The normalized spacial score (nSPS) is 10.5. The predicted octanol–water partition coefficient (Wildman–Crippen LogP) is 3.35. The van der Waals surface area contributed by atoms with Crippen LogP contribution in [0.2, 0.25) is 0 Å². The third kappa shape index (κ3) is 3.52. The largest absolute Gasteiger partial charge is 0.366 e. The molecule has 0 fully saturated rings. The van der Waals surface area contributed by atoms with E-state index < -0.39 is 23.4 Å². The van der Waals surface area contributed by atoms with Crippen LogP contribution in [0.1, 0.15) is 16.1 Å². The first-order chi connectivity index (χ1) is 13.3. The second-order valence-corrected chi connectivity index (χ2v) is 5.97. The number of hydrogen-bond donors (Lipinski definition) is 2. The van der Waals surface area contributed by atoms with Crippen LogP contribution in [0.25, 0.3) is 16.8 Å². The number of primary amides is 1. The van der Waals surface area contributed by atoms with Crippen LogP contribution in [0.15, 0.2) is 55.3 Å². The SMILES string of the molecule is C=CC(=O)Nc1cc(-n2ncc(-c3ccc(C(N)=O)c(F)c3)c2C)ccc1F. The molecule has 2 aromatic carbocycles. The molecule has 0 aliphatic carbocycles. The van der Waals surface area contributed by atoms with E-state index in [9.17, 15) is 18.4 Å². The van der Waals surface area contributed by atoms with Crippen molar-refractivity contribution in [1.29, 1.82) is 0 Å². The minimum atomic E-state index is -0.850. The lowest BCUT2D eigenvalue weighted by Gasteiger charge is -2.10. The van der Waals surface area contributed by atoms with Gasteiger partial charge in [-0.3, -0.25) is 9.59 Å². The third-order valence-electron chi connectivity index (χ3n) is 4.19. The lowest BCUT2D eigenvalue weighted by Crippen LogP contribution is -2.12. The standard InChI is InChI=1S/C20H16F2N4O2/c1-3-19(27)25-18-9-13(5-7-16(18)21)26-11(2)15(10-24-26)12-4-6-14(20(23)28)17(22)8-12/h3-10H,1H2,2H3,(H2,23,28)(H,25,27). The molecule has 1 aromatic heterocycles. The molecule has 6 nitrogen and oxygen atoms in total. The van der Waals surface area contributed by atoms with Crippen molar-refractivity contribution in [3.05, 3.63) is 78.1 Å². The van der Waals surface area contributed by atoms with Crippen LogP contribution in [-0.4, -0.2) is 21.6 Å². The van der Waals surface area contributed by atoms with Crippen molar-refractivity contribution in [3.63, 3.8) is 0 Å². The molecule has 8 heteroatoms. The van der Waals surface area contributed by atoms with E-state index in [0.717, 1.165) is 6.08 Å². The highest BCUT2D eigenvalue weighted by Gasteiger charge is 2.15. The molecule has 0 saturated heterocycles. The molecular weight excluding hydrogens is 366 g/mol. The van der Waals surface area contributed by atoms with Crippen LogP contribution in [0, 0.1) is 18.6 Å². The van der Waals surface area contributed by atoms with E-state index in [1.165, 1.54) is 41.2 Å². The lowest BCUT2D eigenvalue weighted by molar-refractivity contribution is -0.111. The molecule has 0 atom stereocenters. The second-order valence-electron chi connectivity index (χ2n) is 5.97. The minimum absolute atomic E-state index is 0.0179. The molecule has 0 aliphatic rings. The number of benzene rings is 2. The Morgan fingerprint density at radius 1 is 1.18 bits per heavy atom. The number of carbonyl (C=O) groups excluding carboxylic acids is 2. The van der Waals surface area contributed by atoms with Gasteiger partial charge >= 0.3 is 0 Å². The van der Waals surface area contributed by atoms with Gasteiger partial charge in [-0.1, -0.05) is 12.6 Å². The van der Waals surface area contributed by atoms with E-state index in [4.69, 9.17) is 5.73 Å². The maximum Gasteiger partial charge on any atom is 0.251 e. The van der Waals surface area contributed by atoms with Crippen molar-refractivity contribution in [2.75, 3.05) is 5.32 Å². The number of amides is 2. The summed E-state index contributed by atoms with van der Waals surface area (Å²) in [6.45, 7) is 5.09. The van der Waals surface area contributed by atoms with Crippen molar-refractivity contribution < 1.29 is 18.4 Å². The van der Waals surface area contributed by atoms with Gasteiger partial charge in [-0.25, -0.2) is 13.5 Å². The van der Waals surface area contributed by atoms with Crippen LogP contribution >= 0.6 is 0 Å². The molecule has 0 radical (unpaired) electrons. The molecule has 1 heterocycles. The number of hydrogen-bond acceptors (Lipinski definition) is 3. The Labute approximate surface area is 159 Å². The molecule has 3 aromatic rings. The number of anilines is 1. The van der Waals surface area contributed by atoms with Crippen LogP contribution in [0.5, 0.6) is 0 Å². The maximum atomic E-state index is 14.1. The predicted molar refractivity (Wildman–Crippen MR) is 101 cm³/mol. The van der Waals surface area contributed by atoms with Gasteiger partial charge in [0, 0.05) is 11.3 Å². The Bertz CT molecular complexity index is 1110. The number of carbonyl (C=O) groups is 2. The molecular formula is C20H16F2N4O2. The van der Waals surface area contributed by atoms with Gasteiger partial charge in [0.05, 0.1) is 23.1 Å². The van der Waals surface area contributed by atoms with E-state index in [2.05, 4.69) is 17.0 Å². The number of nitrogens with zero attached hydrogens (tertiary/aromatic N) is 2. The number of rotatable bonds is 5. The highest BCUT2D eigenvalue weighted by molar-refractivity contribution is 5.99. The zero-order valence-electron chi connectivity index (χ0n) is 14.9. The monoisotopic (exact) mass is 382 g/mol. The summed E-state index contributed by atoms with van der Waals surface area (Å²) < 4.78 is 29.6. The highest BCUT2D eigenvalue weighted by Crippen LogP contribution is 2.28. The van der Waals surface area contributed by atoms with Gasteiger partial charge in [-0.2, -0.15) is 5.10 Å². The van der Waals surface area contributed by atoms with Crippen molar-refractivity contribution in [1.82, 2.24) is 9.78 Å². The fourth-order valence-electron chi connectivity index (χ4n) is 2.76. The molecule has 3 N–H and O–H groups in total. The first-order valence-electron chi connectivity index (χ1n) is 8.19. The average molecular weight is 382 g/mol. The van der Waals surface area contributed by atoms with Gasteiger partial charge in [0.1, 0.15) is 11.6 Å². The molecule has 2 amide bonds. The van der Waals surface area contributed by atoms with Gasteiger partial charge < -0.3 is 11.1 Å². The van der Waals surface area contributed by atoms with Gasteiger partial charge in [-0.15, -0.1) is 0 Å². The fraction of sp³-hybridized carbons (Fsp3) is 0.0500. The first-order valence-corrected chi connectivity index (χ1v) is 8.19. The van der Waals surface area contributed by atoms with Crippen LogP contribution in [0.3, 0.4) is 0 Å². The quantitative estimate of drug-likeness (QED) is 0.663. The molecule has 0 aliphatic heterocycles. The van der Waals surface area contributed by atoms with Crippen molar-refractivity contribution in [2.45, 2.75) is 6.92 Å². The highest BCUT2D eigenvalue weighted by atomic mass is 19.1. The number of nitrogens with one attached hydrogen (secondary N) is 1. The molecule has 142 valence electrons. The van der Waals surface area contributed by atoms with Crippen molar-refractivity contribution >= 4 is 17.5 Å². The fourth-order valence-corrected chi connectivity index (χ4v) is 2.76. The zero-order chi connectivity index (χ0) is 20.4. The van der Waals surface area contributed by atoms with E-state index >= 15 is 0 Å². The summed E-state index contributed by atoms with van der Waals surface area (Å²) in [4.78, 5) is 22.6. The first kappa shape index (κ1) is 19.0. The molecule has 3 rings (SSSR count). The van der Waals surface area contributed by atoms with Gasteiger partial charge in [0.25, 0.3) is 5.91 Å². The van der Waals surface area contributed by atoms with E-state index in [0.29, 0.717) is 22.5 Å². The number of nitrogens with two attached hydrogens (primary N) is 1. The topological polar surface area (TPSA) is 90.0 Å². The van der Waals surface area contributed by atoms with Crippen LogP contribution in [0.4, 0.5) is 14.5 Å². The summed E-state index contributed by atoms with van der Waals surface area (Å²) in [5, 5.41) is 6.65. The van der Waals surface area contributed by atoms with Crippen LogP contribution in [-0.2, 0) is 4.79 Å². The van der Waals surface area contributed by atoms with E-state index in [1.807, 2.05) is 0 Å². The van der Waals surface area contributed by atoms with Gasteiger partial charge in [-0.05, 0) is 48.9 Å². The summed E-state index contributed by atoms with van der Waals surface area (Å²) in [6, 6.07) is 8.21. The summed E-state index contributed by atoms with van der Waals surface area (Å²) >= 11 is 0. The Morgan fingerprint density at radius 3 is 2.57 bits per heavy atom. The average Bonchev–Trinajstić information content (AvgIpc) is 3.04. The van der Waals surface area contributed by atoms with Gasteiger partial charge in [0.2, 0.25) is 5.91 Å².